The number of aldehydes is 1. The van der Waals surface area contributed by atoms with Crippen LogP contribution in [0.4, 0.5) is 23.2 Å². The van der Waals surface area contributed by atoms with Crippen LogP contribution < -0.4 is 10.6 Å². The maximum Gasteiger partial charge on any atom is 0.433 e. The lowest BCUT2D eigenvalue weighted by Gasteiger charge is -2.39. The zero-order valence-corrected chi connectivity index (χ0v) is 25.0. The Morgan fingerprint density at radius 3 is 2.42 bits per heavy atom. The molecule has 0 bridgehead atoms. The maximum atomic E-state index is 15.3. The molecule has 2 aromatic heterocycles. The summed E-state index contributed by atoms with van der Waals surface area (Å²) in [5.74, 6) is -1.72. The quantitative estimate of drug-likeness (QED) is 0.162. The Bertz CT molecular complexity index is 1720. The molecule has 234 valence electrons. The van der Waals surface area contributed by atoms with Gasteiger partial charge in [0.15, 0.2) is 0 Å². The van der Waals surface area contributed by atoms with Gasteiger partial charge >= 0.3 is 6.18 Å². The Morgan fingerprint density at radius 2 is 1.84 bits per heavy atom. The topological polar surface area (TPSA) is 138 Å². The number of aromatic nitrogens is 3. The lowest BCUT2D eigenvalue weighted by atomic mass is 9.89. The maximum absolute atomic E-state index is 15.3. The van der Waals surface area contributed by atoms with Crippen molar-refractivity contribution in [3.05, 3.63) is 69.8 Å². The van der Waals surface area contributed by atoms with E-state index in [2.05, 4.69) is 19.9 Å². The van der Waals surface area contributed by atoms with Crippen molar-refractivity contribution in [3.8, 4) is 17.2 Å². The zero-order valence-electron chi connectivity index (χ0n) is 25.0. The Balaban J connectivity index is 1.39. The molecule has 1 saturated carbocycles. The first kappa shape index (κ1) is 31.7. The third-order valence-electron chi connectivity index (χ3n) is 8.27. The number of anilines is 1. The molecule has 1 aromatic carbocycles. The van der Waals surface area contributed by atoms with Gasteiger partial charge in [0.05, 0.1) is 17.8 Å². The molecular weight excluding hydrogens is 590 g/mol. The Hall–Kier alpha value is -4.73. The molecule has 3 aromatic rings. The Morgan fingerprint density at radius 1 is 1.16 bits per heavy atom. The van der Waals surface area contributed by atoms with E-state index in [4.69, 9.17) is 5.73 Å². The van der Waals surface area contributed by atoms with Crippen molar-refractivity contribution in [2.45, 2.75) is 71.0 Å². The summed E-state index contributed by atoms with van der Waals surface area (Å²) < 4.78 is 55.1. The second kappa shape index (κ2) is 12.3. The first-order valence-corrected chi connectivity index (χ1v) is 14.6. The highest BCUT2D eigenvalue weighted by molar-refractivity contribution is 6.05. The summed E-state index contributed by atoms with van der Waals surface area (Å²) in [4.78, 5) is 42.7. The number of nitrogens with zero attached hydrogens (tertiary/aromatic N) is 6. The number of carbonyl (C=O) groups excluding carboxylic acids is 2. The van der Waals surface area contributed by atoms with Gasteiger partial charge in [0.25, 0.3) is 5.91 Å². The number of aryl methyl sites for hydroxylation is 2. The van der Waals surface area contributed by atoms with E-state index < -0.39 is 29.5 Å². The molecule has 1 aliphatic heterocycles. The van der Waals surface area contributed by atoms with Gasteiger partial charge in [-0.05, 0) is 76.3 Å². The summed E-state index contributed by atoms with van der Waals surface area (Å²) in [5.41, 5.74) is 8.00. The number of aliphatic imine (C=N–C) groups is 1. The van der Waals surface area contributed by atoms with Gasteiger partial charge in [-0.25, -0.2) is 19.3 Å². The van der Waals surface area contributed by atoms with Crippen molar-refractivity contribution >= 4 is 23.7 Å². The molecule has 0 radical (unpaired) electrons. The predicted molar refractivity (Wildman–Crippen MR) is 158 cm³/mol. The fourth-order valence-corrected chi connectivity index (χ4v) is 5.98. The fourth-order valence-electron chi connectivity index (χ4n) is 5.98. The number of amidine groups is 1. The van der Waals surface area contributed by atoms with Crippen LogP contribution in [0.2, 0.25) is 0 Å². The number of nitrogens with two attached hydrogens (primary N) is 1. The van der Waals surface area contributed by atoms with Gasteiger partial charge in [0.2, 0.25) is 0 Å². The van der Waals surface area contributed by atoms with Crippen LogP contribution in [-0.2, 0) is 22.2 Å². The van der Waals surface area contributed by atoms with Crippen molar-refractivity contribution in [1.29, 1.82) is 5.26 Å². The Kier molecular flexibility index (Phi) is 8.69. The molecule has 9 nitrogen and oxygen atoms in total. The van der Waals surface area contributed by atoms with Crippen molar-refractivity contribution < 1.29 is 27.2 Å². The number of piperidine rings is 1. The molecule has 5 rings (SSSR count). The zero-order chi connectivity index (χ0) is 32.6. The number of carbonyl (C=O) groups is 2. The van der Waals surface area contributed by atoms with Crippen molar-refractivity contribution in [2.75, 3.05) is 11.4 Å². The second-order valence-electron chi connectivity index (χ2n) is 11.5. The number of halogens is 4. The number of hydrogen-bond donors (Lipinski definition) is 1. The van der Waals surface area contributed by atoms with E-state index in [0.717, 1.165) is 6.07 Å². The van der Waals surface area contributed by atoms with E-state index in [9.17, 15) is 28.0 Å². The lowest BCUT2D eigenvalue weighted by Crippen LogP contribution is -2.43. The summed E-state index contributed by atoms with van der Waals surface area (Å²) in [6.07, 6.45) is -1.81. The lowest BCUT2D eigenvalue weighted by molar-refractivity contribution is -0.141. The fraction of sp³-hybridized carbons (Fsp3) is 0.406. The van der Waals surface area contributed by atoms with Crippen LogP contribution in [-0.4, -0.2) is 45.6 Å². The normalized spacial score (nSPS) is 18.9. The number of rotatable bonds is 7. The molecule has 1 aliphatic carbocycles. The molecule has 2 aliphatic rings. The highest BCUT2D eigenvalue weighted by Gasteiger charge is 2.37. The molecule has 45 heavy (non-hydrogen) atoms. The third-order valence-corrected chi connectivity index (χ3v) is 8.27. The summed E-state index contributed by atoms with van der Waals surface area (Å²) >= 11 is 0. The van der Waals surface area contributed by atoms with E-state index in [1.807, 2.05) is 17.9 Å². The molecule has 1 amide bonds. The molecule has 2 atom stereocenters. The molecular formula is C32H31F4N7O2. The van der Waals surface area contributed by atoms with E-state index in [1.165, 1.54) is 12.1 Å². The molecule has 1 saturated heterocycles. The Labute approximate surface area is 257 Å². The number of hydrogen-bond acceptors (Lipinski definition) is 7. The average molecular weight is 622 g/mol. The van der Waals surface area contributed by atoms with E-state index in [0.29, 0.717) is 72.5 Å². The van der Waals surface area contributed by atoms with Gasteiger partial charge in [0.1, 0.15) is 41.1 Å². The van der Waals surface area contributed by atoms with Crippen LogP contribution in [0.3, 0.4) is 0 Å². The van der Waals surface area contributed by atoms with Gasteiger partial charge < -0.3 is 15.4 Å². The van der Waals surface area contributed by atoms with Crippen LogP contribution in [0.5, 0.6) is 0 Å². The van der Waals surface area contributed by atoms with E-state index >= 15 is 4.39 Å². The van der Waals surface area contributed by atoms with E-state index in [1.54, 1.807) is 19.9 Å². The van der Waals surface area contributed by atoms with Crippen LogP contribution in [0.15, 0.2) is 29.3 Å². The second-order valence-corrected chi connectivity index (χ2v) is 11.5. The van der Waals surface area contributed by atoms with Crippen LogP contribution in [0.1, 0.15) is 78.3 Å². The van der Waals surface area contributed by atoms with Crippen molar-refractivity contribution in [3.63, 3.8) is 0 Å². The van der Waals surface area contributed by atoms with Crippen molar-refractivity contribution in [2.24, 2.45) is 16.6 Å². The largest absolute Gasteiger partial charge is 0.433 e. The van der Waals surface area contributed by atoms with Crippen LogP contribution in [0, 0.1) is 36.9 Å². The standard InChI is InChI=1S/C32H31F4N7O2/c1-16-12-20(31(45)42-30(38)22-6-7-26(32(34,35)36)41-29(22)19-4-5-19)8-10-43(16)25-14-21(13-24(33)23(25)15-37)28-17(2)39-27(9-11-44)40-18(28)3/h6-7,11,13-14,16,19-20H,4-5,8-10,12H2,1-3H3,(H2,38,42,45). The number of amides is 1. The molecule has 13 heteroatoms. The van der Waals surface area contributed by atoms with Gasteiger partial charge in [-0.15, -0.1) is 0 Å². The van der Waals surface area contributed by atoms with Crippen LogP contribution >= 0.6 is 0 Å². The summed E-state index contributed by atoms with van der Waals surface area (Å²) in [5, 5.41) is 9.83. The number of alkyl halides is 3. The summed E-state index contributed by atoms with van der Waals surface area (Å²) in [6.45, 7) is 5.66. The molecule has 3 heterocycles. The van der Waals surface area contributed by atoms with Gasteiger partial charge in [-0.3, -0.25) is 4.79 Å². The monoisotopic (exact) mass is 621 g/mol. The number of benzene rings is 1. The summed E-state index contributed by atoms with van der Waals surface area (Å²) in [6, 6.07) is 6.70. The minimum Gasteiger partial charge on any atom is -0.383 e. The summed E-state index contributed by atoms with van der Waals surface area (Å²) in [7, 11) is 0. The van der Waals surface area contributed by atoms with E-state index in [-0.39, 0.29) is 41.0 Å². The highest BCUT2D eigenvalue weighted by atomic mass is 19.4. The minimum atomic E-state index is -4.60. The molecule has 2 fully saturated rings. The molecule has 2 N–H and O–H groups in total. The predicted octanol–water partition coefficient (Wildman–Crippen LogP) is 5.34. The SMILES string of the molecule is Cc1nc(CC=O)nc(C)c1-c1cc(F)c(C#N)c(N2CCC(C(=O)N=C(N)c3ccc(C(F)(F)F)nc3C3CC3)CC2C)c1. The molecule has 2 unspecified atom stereocenters. The van der Waals surface area contributed by atoms with Crippen molar-refractivity contribution in [1.82, 2.24) is 15.0 Å². The van der Waals surface area contributed by atoms with Gasteiger partial charge in [-0.1, -0.05) is 0 Å². The number of pyridine rings is 1. The first-order chi connectivity index (χ1) is 21.3. The number of nitriles is 1. The van der Waals surface area contributed by atoms with Gasteiger partial charge in [0, 0.05) is 46.9 Å². The third kappa shape index (κ3) is 6.55. The highest BCUT2D eigenvalue weighted by Crippen LogP contribution is 2.42. The van der Waals surface area contributed by atoms with Gasteiger partial charge in [-0.2, -0.15) is 23.4 Å². The minimum absolute atomic E-state index is 0.0543. The van der Waals surface area contributed by atoms with Crippen LogP contribution in [0.25, 0.3) is 11.1 Å². The smallest absolute Gasteiger partial charge is 0.383 e. The first-order valence-electron chi connectivity index (χ1n) is 14.6. The average Bonchev–Trinajstić information content (AvgIpc) is 3.81. The molecule has 0 spiro atoms.